The second-order valence-corrected chi connectivity index (χ2v) is 7.97. The van der Waals surface area contributed by atoms with Crippen LogP contribution in [0.4, 0.5) is 0 Å². The zero-order chi connectivity index (χ0) is 19.8. The number of benzene rings is 1. The molecule has 2 heterocycles. The molecule has 1 aromatic rings. The molecule has 2 aliphatic heterocycles. The molecule has 1 aromatic carbocycles. The highest BCUT2D eigenvalue weighted by molar-refractivity contribution is 6.05. The molecule has 4 N–H and O–H groups in total. The Balaban J connectivity index is 1.80. The van der Waals surface area contributed by atoms with Crippen LogP contribution in [0, 0.1) is 5.92 Å². The van der Waals surface area contributed by atoms with Crippen LogP contribution in [-0.4, -0.2) is 40.7 Å². The molecule has 0 saturated carbocycles. The van der Waals surface area contributed by atoms with Crippen LogP contribution in [0.1, 0.15) is 55.1 Å². The molecule has 0 bridgehead atoms. The average Bonchev–Trinajstić information content (AvgIpc) is 2.97. The zero-order valence-electron chi connectivity index (χ0n) is 16.2. The fraction of sp³-hybridized carbons (Fsp3) is 0.550. The van der Waals surface area contributed by atoms with Crippen molar-refractivity contribution in [1.82, 2.24) is 15.5 Å². The smallest absolute Gasteiger partial charge is 0.255 e. The minimum absolute atomic E-state index is 0.146. The lowest BCUT2D eigenvalue weighted by Gasteiger charge is -2.34. The first-order valence-corrected chi connectivity index (χ1v) is 9.47. The van der Waals surface area contributed by atoms with Crippen molar-refractivity contribution in [3.63, 3.8) is 0 Å². The number of imide groups is 1. The number of nitrogens with zero attached hydrogens (tertiary/aromatic N) is 1. The van der Waals surface area contributed by atoms with Gasteiger partial charge in [-0.25, -0.2) is 0 Å². The first-order chi connectivity index (χ1) is 12.8. The second-order valence-electron chi connectivity index (χ2n) is 7.97. The summed E-state index contributed by atoms with van der Waals surface area (Å²) in [6.07, 6.45) is 0.630. The Hall–Kier alpha value is -2.25. The van der Waals surface area contributed by atoms with Gasteiger partial charge in [0.1, 0.15) is 6.04 Å². The molecule has 7 nitrogen and oxygen atoms in total. The van der Waals surface area contributed by atoms with Gasteiger partial charge in [-0.05, 0) is 36.5 Å². The minimum Gasteiger partial charge on any atom is -0.329 e. The van der Waals surface area contributed by atoms with E-state index in [1.54, 1.807) is 11.0 Å². The van der Waals surface area contributed by atoms with E-state index in [1.807, 2.05) is 12.1 Å². The first-order valence-electron chi connectivity index (χ1n) is 9.47. The summed E-state index contributed by atoms with van der Waals surface area (Å²) in [6.45, 7) is 7.86. The topological polar surface area (TPSA) is 105 Å². The van der Waals surface area contributed by atoms with Crippen LogP contribution in [0.5, 0.6) is 0 Å². The molecular formula is C20H28N4O3. The van der Waals surface area contributed by atoms with E-state index in [4.69, 9.17) is 5.73 Å². The van der Waals surface area contributed by atoms with E-state index in [0.29, 0.717) is 37.5 Å². The van der Waals surface area contributed by atoms with Gasteiger partial charge in [-0.2, -0.15) is 0 Å². The molecule has 2 unspecified atom stereocenters. The highest BCUT2D eigenvalue weighted by Crippen LogP contribution is 2.30. The number of carbonyl (C=O) groups excluding carboxylic acids is 3. The highest BCUT2D eigenvalue weighted by Gasteiger charge is 2.39. The lowest BCUT2D eigenvalue weighted by molar-refractivity contribution is -0.136. The van der Waals surface area contributed by atoms with E-state index in [1.165, 1.54) is 0 Å². The molecule has 1 fully saturated rings. The van der Waals surface area contributed by atoms with Gasteiger partial charge in [0.15, 0.2) is 0 Å². The molecular weight excluding hydrogens is 344 g/mol. The third-order valence-corrected chi connectivity index (χ3v) is 6.06. The van der Waals surface area contributed by atoms with Gasteiger partial charge in [0, 0.05) is 37.2 Å². The number of hydrogen-bond donors (Lipinski definition) is 3. The number of carbonyl (C=O) groups is 3. The molecule has 0 spiro atoms. The third kappa shape index (κ3) is 3.61. The molecule has 1 saturated heterocycles. The van der Waals surface area contributed by atoms with Crippen molar-refractivity contribution < 1.29 is 14.4 Å². The van der Waals surface area contributed by atoms with Crippen molar-refractivity contribution >= 4 is 17.7 Å². The quantitative estimate of drug-likeness (QED) is 0.644. The van der Waals surface area contributed by atoms with Crippen molar-refractivity contribution in [2.24, 2.45) is 11.7 Å². The Bertz CT molecular complexity index is 776. The van der Waals surface area contributed by atoms with Crippen molar-refractivity contribution in [2.75, 3.05) is 6.54 Å². The van der Waals surface area contributed by atoms with Crippen molar-refractivity contribution in [1.29, 1.82) is 0 Å². The molecule has 2 atom stereocenters. The zero-order valence-corrected chi connectivity index (χ0v) is 16.2. The third-order valence-electron chi connectivity index (χ3n) is 6.06. The maximum Gasteiger partial charge on any atom is 0.255 e. The predicted molar refractivity (Wildman–Crippen MR) is 102 cm³/mol. The van der Waals surface area contributed by atoms with Gasteiger partial charge in [-0.1, -0.05) is 26.0 Å². The van der Waals surface area contributed by atoms with E-state index < -0.39 is 6.04 Å². The Morgan fingerprint density at radius 1 is 1.33 bits per heavy atom. The van der Waals surface area contributed by atoms with E-state index in [-0.39, 0.29) is 29.7 Å². The van der Waals surface area contributed by atoms with Gasteiger partial charge in [0.05, 0.1) is 0 Å². The number of nitrogens with two attached hydrogens (primary N) is 1. The summed E-state index contributed by atoms with van der Waals surface area (Å²) in [5, 5.41) is 5.87. The van der Waals surface area contributed by atoms with Crippen molar-refractivity contribution in [3.05, 3.63) is 34.9 Å². The van der Waals surface area contributed by atoms with E-state index >= 15 is 0 Å². The molecule has 3 amide bonds. The van der Waals surface area contributed by atoms with E-state index in [0.717, 1.165) is 11.1 Å². The molecule has 7 heteroatoms. The molecule has 0 aromatic heterocycles. The van der Waals surface area contributed by atoms with E-state index in [9.17, 15) is 14.4 Å². The standard InChI is InChI=1S/C20H28N4O3/c1-12(2)20(3,11-21)22-9-13-5-4-6-14-15(13)10-24(19(14)27)16-7-8-17(25)23-18(16)26/h4-6,12,16,22H,7-11,21H2,1-3H3,(H,23,25,26). The van der Waals surface area contributed by atoms with Crippen LogP contribution in [-0.2, 0) is 22.7 Å². The van der Waals surface area contributed by atoms with Crippen LogP contribution in [0.25, 0.3) is 0 Å². The molecule has 2 aliphatic rings. The molecule has 27 heavy (non-hydrogen) atoms. The number of amides is 3. The molecule has 3 rings (SSSR count). The van der Waals surface area contributed by atoms with Crippen LogP contribution >= 0.6 is 0 Å². The average molecular weight is 372 g/mol. The van der Waals surface area contributed by atoms with E-state index in [2.05, 4.69) is 31.4 Å². The second kappa shape index (κ2) is 7.40. The van der Waals surface area contributed by atoms with Gasteiger partial charge >= 0.3 is 0 Å². The molecule has 0 radical (unpaired) electrons. The predicted octanol–water partition coefficient (Wildman–Crippen LogP) is 0.911. The number of nitrogens with one attached hydrogen (secondary N) is 2. The van der Waals surface area contributed by atoms with Gasteiger partial charge in [-0.3, -0.25) is 19.7 Å². The largest absolute Gasteiger partial charge is 0.329 e. The summed E-state index contributed by atoms with van der Waals surface area (Å²) in [5.74, 6) is -0.449. The van der Waals surface area contributed by atoms with Crippen LogP contribution < -0.4 is 16.4 Å². The van der Waals surface area contributed by atoms with Gasteiger partial charge in [-0.15, -0.1) is 0 Å². The number of fused-ring (bicyclic) bond motifs is 1. The summed E-state index contributed by atoms with van der Waals surface area (Å²) < 4.78 is 0. The summed E-state index contributed by atoms with van der Waals surface area (Å²) >= 11 is 0. The summed E-state index contributed by atoms with van der Waals surface area (Å²) in [7, 11) is 0. The fourth-order valence-electron chi connectivity index (χ4n) is 3.62. The maximum absolute atomic E-state index is 12.9. The lowest BCUT2D eigenvalue weighted by atomic mass is 9.88. The monoisotopic (exact) mass is 372 g/mol. The number of rotatable bonds is 6. The van der Waals surface area contributed by atoms with Crippen LogP contribution in [0.3, 0.4) is 0 Å². The summed E-state index contributed by atoms with van der Waals surface area (Å²) in [4.78, 5) is 38.0. The Morgan fingerprint density at radius 3 is 2.70 bits per heavy atom. The molecule has 146 valence electrons. The first kappa shape index (κ1) is 19.5. The van der Waals surface area contributed by atoms with Crippen LogP contribution in [0.2, 0.25) is 0 Å². The Morgan fingerprint density at radius 2 is 2.07 bits per heavy atom. The highest BCUT2D eigenvalue weighted by atomic mass is 16.2. The Labute approximate surface area is 159 Å². The van der Waals surface area contributed by atoms with Gasteiger partial charge in [0.25, 0.3) is 5.91 Å². The summed E-state index contributed by atoms with van der Waals surface area (Å²) in [6, 6.07) is 5.09. The van der Waals surface area contributed by atoms with Gasteiger partial charge in [0.2, 0.25) is 11.8 Å². The van der Waals surface area contributed by atoms with Crippen molar-refractivity contribution in [3.8, 4) is 0 Å². The van der Waals surface area contributed by atoms with Crippen molar-refractivity contribution in [2.45, 2.75) is 58.3 Å². The summed E-state index contributed by atoms with van der Waals surface area (Å²) in [5.41, 5.74) is 8.38. The Kier molecular flexibility index (Phi) is 5.35. The number of hydrogen-bond acceptors (Lipinski definition) is 5. The number of piperidine rings is 1. The van der Waals surface area contributed by atoms with Crippen LogP contribution in [0.15, 0.2) is 18.2 Å². The normalized spacial score (nSPS) is 22.0. The maximum atomic E-state index is 12.9. The fourth-order valence-corrected chi connectivity index (χ4v) is 3.62. The SMILES string of the molecule is CC(C)C(C)(CN)NCc1cccc2c1CN(C1CCC(=O)NC1=O)C2=O. The molecule has 0 aliphatic carbocycles. The van der Waals surface area contributed by atoms with Gasteiger partial charge < -0.3 is 16.0 Å². The minimum atomic E-state index is -0.589. The lowest BCUT2D eigenvalue weighted by Crippen LogP contribution is -2.52.